The van der Waals surface area contributed by atoms with E-state index in [-0.39, 0.29) is 17.6 Å². The van der Waals surface area contributed by atoms with Gasteiger partial charge < -0.3 is 10.6 Å². The van der Waals surface area contributed by atoms with Gasteiger partial charge in [0, 0.05) is 20.4 Å². The van der Waals surface area contributed by atoms with Crippen molar-refractivity contribution in [1.82, 2.24) is 10.6 Å². The molecule has 5 nitrogen and oxygen atoms in total. The molecule has 0 fully saturated rings. The van der Waals surface area contributed by atoms with Crippen LogP contribution in [0.15, 0.2) is 0 Å². The molecular weight excluding hydrogens is 232 g/mol. The Morgan fingerprint density at radius 3 is 1.89 bits per heavy atom. The van der Waals surface area contributed by atoms with Crippen LogP contribution in [0.25, 0.3) is 0 Å². The highest BCUT2D eigenvalue weighted by Crippen LogP contribution is 2.01. The van der Waals surface area contributed by atoms with E-state index in [1.54, 1.807) is 0 Å². The molecule has 5 heteroatoms. The first-order valence-electron chi connectivity index (χ1n) is 6.45. The van der Waals surface area contributed by atoms with Crippen LogP contribution in [0.4, 0.5) is 0 Å². The second-order valence-corrected chi connectivity index (χ2v) is 3.84. The molecule has 0 saturated heterocycles. The number of unbranched alkanes of at least 4 members (excludes halogenated alkanes) is 1. The average molecular weight is 258 g/mol. The molecule has 18 heavy (non-hydrogen) atoms. The van der Waals surface area contributed by atoms with Crippen LogP contribution >= 0.6 is 0 Å². The Hall–Kier alpha value is -1.39. The largest absolute Gasteiger partial charge is 0.356 e. The van der Waals surface area contributed by atoms with Gasteiger partial charge in [0.05, 0.1) is 6.04 Å². The summed E-state index contributed by atoms with van der Waals surface area (Å²) >= 11 is 0. The molecule has 2 amide bonds. The summed E-state index contributed by atoms with van der Waals surface area (Å²) in [5.74, 6) is -0.276. The molecule has 0 aliphatic rings. The minimum Gasteiger partial charge on any atom is -0.356 e. The molecule has 0 bridgehead atoms. The van der Waals surface area contributed by atoms with E-state index in [4.69, 9.17) is 0 Å². The number of hydrogen-bond donors (Lipinski definition) is 2. The molecule has 0 aliphatic heterocycles. The standard InChI is InChI=1S/C11H20N2O3.C2H6/c1-8(14)11(13-10(3)16)6-4-5-7-12-9(2)15;1-2/h11H,4-7H2,1-3H3,(H,12,15)(H,13,16);1-2H3. The summed E-state index contributed by atoms with van der Waals surface area (Å²) in [5, 5.41) is 5.28. The quantitative estimate of drug-likeness (QED) is 0.678. The Morgan fingerprint density at radius 1 is 0.944 bits per heavy atom. The van der Waals surface area contributed by atoms with Crippen molar-refractivity contribution in [3.8, 4) is 0 Å². The van der Waals surface area contributed by atoms with Crippen molar-refractivity contribution in [1.29, 1.82) is 0 Å². The molecule has 1 unspecified atom stereocenters. The van der Waals surface area contributed by atoms with Crippen LogP contribution in [0, 0.1) is 0 Å². The van der Waals surface area contributed by atoms with Gasteiger partial charge in [-0.15, -0.1) is 0 Å². The van der Waals surface area contributed by atoms with Gasteiger partial charge in [-0.1, -0.05) is 13.8 Å². The van der Waals surface area contributed by atoms with Crippen LogP contribution in [0.1, 0.15) is 53.9 Å². The summed E-state index contributed by atoms with van der Waals surface area (Å²) in [6, 6.07) is -0.394. The maximum Gasteiger partial charge on any atom is 0.217 e. The highest BCUT2D eigenvalue weighted by molar-refractivity contribution is 5.86. The van der Waals surface area contributed by atoms with E-state index in [2.05, 4.69) is 10.6 Å². The molecular formula is C13H26N2O3. The maximum atomic E-state index is 11.2. The molecule has 0 heterocycles. The van der Waals surface area contributed by atoms with Gasteiger partial charge in [-0.3, -0.25) is 14.4 Å². The number of amides is 2. The van der Waals surface area contributed by atoms with Gasteiger partial charge in [-0.05, 0) is 26.2 Å². The number of ketones is 1. The molecule has 0 saturated carbocycles. The predicted octanol–water partition coefficient (Wildman–Crippen LogP) is 1.41. The van der Waals surface area contributed by atoms with Gasteiger partial charge in [0.2, 0.25) is 11.8 Å². The summed E-state index contributed by atoms with van der Waals surface area (Å²) in [5.41, 5.74) is 0. The topological polar surface area (TPSA) is 75.3 Å². The molecule has 2 N–H and O–H groups in total. The van der Waals surface area contributed by atoms with E-state index in [9.17, 15) is 14.4 Å². The third-order valence-electron chi connectivity index (χ3n) is 2.16. The molecule has 1 atom stereocenters. The highest BCUT2D eigenvalue weighted by atomic mass is 16.2. The first-order valence-corrected chi connectivity index (χ1v) is 6.45. The van der Waals surface area contributed by atoms with Crippen LogP contribution in [0.3, 0.4) is 0 Å². The number of hydrogen-bond acceptors (Lipinski definition) is 3. The number of rotatable bonds is 7. The average Bonchev–Trinajstić information content (AvgIpc) is 2.28. The number of carbonyl (C=O) groups excluding carboxylic acids is 3. The fraction of sp³-hybridized carbons (Fsp3) is 0.769. The van der Waals surface area contributed by atoms with Crippen molar-refractivity contribution < 1.29 is 14.4 Å². The second kappa shape index (κ2) is 12.1. The molecule has 106 valence electrons. The first kappa shape index (κ1) is 19.0. The Morgan fingerprint density at radius 2 is 1.50 bits per heavy atom. The monoisotopic (exact) mass is 258 g/mol. The second-order valence-electron chi connectivity index (χ2n) is 3.84. The summed E-state index contributed by atoms with van der Waals surface area (Å²) < 4.78 is 0. The lowest BCUT2D eigenvalue weighted by Crippen LogP contribution is -2.38. The Balaban J connectivity index is 0. The number of Topliss-reactive ketones (excluding diaryl/α,β-unsaturated/α-hetero) is 1. The van der Waals surface area contributed by atoms with Gasteiger partial charge in [-0.2, -0.15) is 0 Å². The van der Waals surface area contributed by atoms with Crippen LogP contribution < -0.4 is 10.6 Å². The SMILES string of the molecule is CC.CC(=O)NCCCCC(NC(C)=O)C(C)=O. The summed E-state index contributed by atoms with van der Waals surface area (Å²) in [6.07, 6.45) is 2.22. The van der Waals surface area contributed by atoms with E-state index in [1.807, 2.05) is 13.8 Å². The lowest BCUT2D eigenvalue weighted by molar-refractivity contribution is -0.125. The van der Waals surface area contributed by atoms with Gasteiger partial charge in [0.25, 0.3) is 0 Å². The van der Waals surface area contributed by atoms with Gasteiger partial charge in [-0.25, -0.2) is 0 Å². The Labute approximate surface area is 110 Å². The van der Waals surface area contributed by atoms with E-state index < -0.39 is 6.04 Å². The van der Waals surface area contributed by atoms with E-state index in [0.717, 1.165) is 12.8 Å². The highest BCUT2D eigenvalue weighted by Gasteiger charge is 2.13. The number of carbonyl (C=O) groups is 3. The summed E-state index contributed by atoms with van der Waals surface area (Å²) in [7, 11) is 0. The zero-order valence-corrected chi connectivity index (χ0v) is 12.1. The fourth-order valence-corrected chi connectivity index (χ4v) is 1.36. The third-order valence-corrected chi connectivity index (χ3v) is 2.16. The molecule has 0 radical (unpaired) electrons. The van der Waals surface area contributed by atoms with Crippen molar-refractivity contribution in [2.75, 3.05) is 6.54 Å². The Bertz CT molecular complexity index is 265. The molecule has 0 aromatic rings. The minimum absolute atomic E-state index is 0.0327. The lowest BCUT2D eigenvalue weighted by Gasteiger charge is -2.14. The molecule has 0 rings (SSSR count). The van der Waals surface area contributed by atoms with Gasteiger partial charge in [0.1, 0.15) is 0 Å². The zero-order chi connectivity index (χ0) is 14.6. The molecule has 0 aromatic carbocycles. The third kappa shape index (κ3) is 12.7. The van der Waals surface area contributed by atoms with Crippen molar-refractivity contribution >= 4 is 17.6 Å². The van der Waals surface area contributed by atoms with Crippen molar-refractivity contribution in [2.24, 2.45) is 0 Å². The lowest BCUT2D eigenvalue weighted by atomic mass is 10.1. The molecule has 0 aromatic heterocycles. The minimum atomic E-state index is -0.394. The fourth-order valence-electron chi connectivity index (χ4n) is 1.36. The van der Waals surface area contributed by atoms with E-state index in [1.165, 1.54) is 20.8 Å². The predicted molar refractivity (Wildman–Crippen MR) is 72.2 cm³/mol. The summed E-state index contributed by atoms with van der Waals surface area (Å²) in [6.45, 7) is 8.94. The maximum absolute atomic E-state index is 11.2. The van der Waals surface area contributed by atoms with Crippen LogP contribution in [0.2, 0.25) is 0 Å². The molecule has 0 aliphatic carbocycles. The van der Waals surface area contributed by atoms with Crippen LogP contribution in [0.5, 0.6) is 0 Å². The normalized spacial score (nSPS) is 10.7. The summed E-state index contributed by atoms with van der Waals surface area (Å²) in [4.78, 5) is 32.6. The van der Waals surface area contributed by atoms with Crippen molar-refractivity contribution in [3.63, 3.8) is 0 Å². The van der Waals surface area contributed by atoms with Crippen molar-refractivity contribution in [3.05, 3.63) is 0 Å². The Kier molecular flexibility index (Phi) is 12.7. The smallest absolute Gasteiger partial charge is 0.217 e. The van der Waals surface area contributed by atoms with E-state index >= 15 is 0 Å². The van der Waals surface area contributed by atoms with Crippen molar-refractivity contribution in [2.45, 2.75) is 59.9 Å². The number of nitrogens with one attached hydrogen (secondary N) is 2. The molecule has 0 spiro atoms. The van der Waals surface area contributed by atoms with Gasteiger partial charge >= 0.3 is 0 Å². The van der Waals surface area contributed by atoms with Crippen LogP contribution in [-0.2, 0) is 14.4 Å². The first-order chi connectivity index (χ1) is 8.43. The van der Waals surface area contributed by atoms with E-state index in [0.29, 0.717) is 13.0 Å². The van der Waals surface area contributed by atoms with Gasteiger partial charge in [0.15, 0.2) is 5.78 Å². The van der Waals surface area contributed by atoms with Crippen LogP contribution in [-0.4, -0.2) is 30.2 Å². The zero-order valence-electron chi connectivity index (χ0n) is 12.1.